The highest BCUT2D eigenvalue weighted by Gasteiger charge is 2.20. The molecule has 0 spiro atoms. The van der Waals surface area contributed by atoms with Crippen molar-refractivity contribution in [3.05, 3.63) is 47.1 Å². The molecule has 1 N–H and O–H groups in total. The van der Waals surface area contributed by atoms with Crippen LogP contribution in [0.1, 0.15) is 22.8 Å². The highest BCUT2D eigenvalue weighted by Crippen LogP contribution is 2.21. The Bertz CT molecular complexity index is 646. The van der Waals surface area contributed by atoms with E-state index in [1.807, 2.05) is 12.1 Å². The third kappa shape index (κ3) is 4.14. The summed E-state index contributed by atoms with van der Waals surface area (Å²) < 4.78 is 10.0. The van der Waals surface area contributed by atoms with Crippen LogP contribution >= 0.6 is 0 Å². The summed E-state index contributed by atoms with van der Waals surface area (Å²) in [4.78, 5) is 18.3. The van der Waals surface area contributed by atoms with E-state index in [1.165, 1.54) is 11.1 Å². The summed E-state index contributed by atoms with van der Waals surface area (Å²) in [5, 5.41) is 6.65. The topological polar surface area (TPSA) is 80.5 Å². The van der Waals surface area contributed by atoms with Crippen molar-refractivity contribution in [1.82, 2.24) is 20.4 Å². The van der Waals surface area contributed by atoms with Crippen molar-refractivity contribution in [1.29, 1.82) is 0 Å². The maximum absolute atomic E-state index is 12.0. The standard InChI is InChI=1S/C16H20N4O3/c1-22-7-6-14-18-16(23-19-14)8-17-15(21)11-20-9-12-4-2-3-5-13(12)10-20/h2-5H,6-11H2,1H3,(H,17,21). The minimum absolute atomic E-state index is 0.0468. The van der Waals surface area contributed by atoms with Gasteiger partial charge in [0.15, 0.2) is 5.82 Å². The normalized spacial score (nSPS) is 14.0. The zero-order valence-electron chi connectivity index (χ0n) is 13.1. The second-order valence-corrected chi connectivity index (χ2v) is 5.54. The predicted octanol–water partition coefficient (Wildman–Crippen LogP) is 0.890. The lowest BCUT2D eigenvalue weighted by Gasteiger charge is -2.13. The van der Waals surface area contributed by atoms with Gasteiger partial charge in [-0.3, -0.25) is 9.69 Å². The van der Waals surface area contributed by atoms with Gasteiger partial charge in [0, 0.05) is 26.6 Å². The van der Waals surface area contributed by atoms with Crippen molar-refractivity contribution in [3.8, 4) is 0 Å². The molecule has 0 fully saturated rings. The van der Waals surface area contributed by atoms with E-state index in [1.54, 1.807) is 7.11 Å². The number of aromatic nitrogens is 2. The lowest BCUT2D eigenvalue weighted by Crippen LogP contribution is -2.34. The van der Waals surface area contributed by atoms with E-state index < -0.39 is 0 Å². The molecule has 0 atom stereocenters. The van der Waals surface area contributed by atoms with Gasteiger partial charge >= 0.3 is 0 Å². The van der Waals surface area contributed by atoms with E-state index >= 15 is 0 Å². The molecule has 2 heterocycles. The Labute approximate surface area is 134 Å². The Morgan fingerprint density at radius 1 is 1.35 bits per heavy atom. The fourth-order valence-corrected chi connectivity index (χ4v) is 2.61. The summed E-state index contributed by atoms with van der Waals surface area (Å²) in [6.07, 6.45) is 0.597. The SMILES string of the molecule is COCCc1noc(CNC(=O)CN2Cc3ccccc3C2)n1. The summed E-state index contributed by atoms with van der Waals surface area (Å²) in [5.74, 6) is 0.953. The van der Waals surface area contributed by atoms with E-state index in [9.17, 15) is 4.79 Å². The second kappa shape index (κ2) is 7.34. The first kappa shape index (κ1) is 15.6. The maximum atomic E-state index is 12.0. The fraction of sp³-hybridized carbons (Fsp3) is 0.438. The molecule has 0 radical (unpaired) electrons. The van der Waals surface area contributed by atoms with Crippen LogP contribution in [0.25, 0.3) is 0 Å². The van der Waals surface area contributed by atoms with Gasteiger partial charge in [0.05, 0.1) is 19.7 Å². The van der Waals surface area contributed by atoms with Crippen molar-refractivity contribution in [2.24, 2.45) is 0 Å². The molecule has 7 nitrogen and oxygen atoms in total. The van der Waals surface area contributed by atoms with E-state index in [4.69, 9.17) is 9.26 Å². The van der Waals surface area contributed by atoms with E-state index in [0.29, 0.717) is 31.3 Å². The summed E-state index contributed by atoms with van der Waals surface area (Å²) in [6.45, 7) is 2.77. The highest BCUT2D eigenvalue weighted by molar-refractivity contribution is 5.78. The molecule has 0 unspecified atom stereocenters. The zero-order chi connectivity index (χ0) is 16.1. The summed E-state index contributed by atoms with van der Waals surface area (Å²) in [5.41, 5.74) is 2.58. The van der Waals surface area contributed by atoms with Crippen molar-refractivity contribution in [3.63, 3.8) is 0 Å². The van der Waals surface area contributed by atoms with Gasteiger partial charge in [-0.05, 0) is 11.1 Å². The van der Waals surface area contributed by atoms with E-state index in [0.717, 1.165) is 13.1 Å². The van der Waals surface area contributed by atoms with Crippen LogP contribution in [0.4, 0.5) is 0 Å². The van der Waals surface area contributed by atoms with Crippen LogP contribution in [0.15, 0.2) is 28.8 Å². The maximum Gasteiger partial charge on any atom is 0.246 e. The first-order valence-electron chi connectivity index (χ1n) is 7.61. The van der Waals surface area contributed by atoms with Crippen LogP contribution in [0.3, 0.4) is 0 Å². The molecule has 0 saturated heterocycles. The third-order valence-corrected chi connectivity index (χ3v) is 3.75. The van der Waals surface area contributed by atoms with Crippen molar-refractivity contribution in [2.75, 3.05) is 20.3 Å². The number of nitrogens with one attached hydrogen (secondary N) is 1. The van der Waals surface area contributed by atoms with Gasteiger partial charge in [-0.25, -0.2) is 0 Å². The van der Waals surface area contributed by atoms with Crippen LogP contribution in [0, 0.1) is 0 Å². The number of hydrogen-bond donors (Lipinski definition) is 1. The molecular weight excluding hydrogens is 296 g/mol. The first-order chi connectivity index (χ1) is 11.2. The molecule has 122 valence electrons. The average Bonchev–Trinajstić information content (AvgIpc) is 3.16. The lowest BCUT2D eigenvalue weighted by atomic mass is 10.1. The molecule has 2 aromatic rings. The van der Waals surface area contributed by atoms with Crippen LogP contribution in [-0.4, -0.2) is 41.2 Å². The third-order valence-electron chi connectivity index (χ3n) is 3.75. The first-order valence-corrected chi connectivity index (χ1v) is 7.61. The van der Waals surface area contributed by atoms with Gasteiger partial charge < -0.3 is 14.6 Å². The monoisotopic (exact) mass is 316 g/mol. The van der Waals surface area contributed by atoms with Gasteiger partial charge in [-0.2, -0.15) is 4.98 Å². The molecule has 3 rings (SSSR count). The Hall–Kier alpha value is -2.25. The number of hydrogen-bond acceptors (Lipinski definition) is 6. The molecule has 23 heavy (non-hydrogen) atoms. The molecular formula is C16H20N4O3. The highest BCUT2D eigenvalue weighted by atomic mass is 16.5. The summed E-state index contributed by atoms with van der Waals surface area (Å²) in [7, 11) is 1.62. The number of fused-ring (bicyclic) bond motifs is 1. The molecule has 0 saturated carbocycles. The Morgan fingerprint density at radius 2 is 2.09 bits per heavy atom. The van der Waals surface area contributed by atoms with Crippen LogP contribution in [0.5, 0.6) is 0 Å². The number of benzene rings is 1. The molecule has 1 aliphatic rings. The number of ether oxygens (including phenoxy) is 1. The van der Waals surface area contributed by atoms with E-state index in [2.05, 4.69) is 32.5 Å². The number of nitrogens with zero attached hydrogens (tertiary/aromatic N) is 3. The Balaban J connectivity index is 1.43. The number of amides is 1. The molecule has 0 bridgehead atoms. The minimum atomic E-state index is -0.0468. The van der Waals surface area contributed by atoms with Crippen molar-refractivity contribution < 1.29 is 14.1 Å². The number of rotatable bonds is 7. The smallest absolute Gasteiger partial charge is 0.246 e. The van der Waals surface area contributed by atoms with Crippen LogP contribution in [0.2, 0.25) is 0 Å². The van der Waals surface area contributed by atoms with Gasteiger partial charge in [-0.15, -0.1) is 0 Å². The van der Waals surface area contributed by atoms with Crippen LogP contribution in [-0.2, 0) is 35.6 Å². The molecule has 1 aromatic carbocycles. The van der Waals surface area contributed by atoms with Gasteiger partial charge in [0.2, 0.25) is 11.8 Å². The summed E-state index contributed by atoms with van der Waals surface area (Å²) >= 11 is 0. The van der Waals surface area contributed by atoms with Gasteiger partial charge in [-0.1, -0.05) is 29.4 Å². The Kier molecular flexibility index (Phi) is 4.99. The van der Waals surface area contributed by atoms with Gasteiger partial charge in [0.25, 0.3) is 0 Å². The number of carbonyl (C=O) groups excluding carboxylic acids is 1. The molecule has 1 aromatic heterocycles. The summed E-state index contributed by atoms with van der Waals surface area (Å²) in [6, 6.07) is 8.26. The molecule has 0 aliphatic carbocycles. The average molecular weight is 316 g/mol. The number of methoxy groups -OCH3 is 1. The predicted molar refractivity (Wildman–Crippen MR) is 82.3 cm³/mol. The zero-order valence-corrected chi connectivity index (χ0v) is 13.1. The fourth-order valence-electron chi connectivity index (χ4n) is 2.61. The van der Waals surface area contributed by atoms with Crippen LogP contribution < -0.4 is 5.32 Å². The van der Waals surface area contributed by atoms with Crippen molar-refractivity contribution in [2.45, 2.75) is 26.1 Å². The minimum Gasteiger partial charge on any atom is -0.384 e. The van der Waals surface area contributed by atoms with Crippen molar-refractivity contribution >= 4 is 5.91 Å². The lowest BCUT2D eigenvalue weighted by molar-refractivity contribution is -0.122. The molecule has 1 aliphatic heterocycles. The quantitative estimate of drug-likeness (QED) is 0.817. The Morgan fingerprint density at radius 3 is 2.78 bits per heavy atom. The molecule has 7 heteroatoms. The largest absolute Gasteiger partial charge is 0.384 e. The van der Waals surface area contributed by atoms with E-state index in [-0.39, 0.29) is 12.5 Å². The number of carbonyl (C=O) groups is 1. The van der Waals surface area contributed by atoms with Gasteiger partial charge in [0.1, 0.15) is 0 Å². The second-order valence-electron chi connectivity index (χ2n) is 5.54. The molecule has 1 amide bonds.